The van der Waals surface area contributed by atoms with Crippen LogP contribution in [-0.4, -0.2) is 16.8 Å². The smallest absolute Gasteiger partial charge is 0.115 e. The van der Waals surface area contributed by atoms with Gasteiger partial charge in [0.2, 0.25) is 0 Å². The number of benzene rings is 1. The molecule has 1 aromatic carbocycles. The molecular weight excluding hydrogens is 166 g/mol. The maximum absolute atomic E-state index is 9.16. The van der Waals surface area contributed by atoms with E-state index in [1.54, 1.807) is 18.2 Å². The van der Waals surface area contributed by atoms with Gasteiger partial charge in [-0.2, -0.15) is 0 Å². The average molecular weight is 181 g/mol. The van der Waals surface area contributed by atoms with E-state index < -0.39 is 0 Å². The molecule has 0 aromatic heterocycles. The summed E-state index contributed by atoms with van der Waals surface area (Å²) < 4.78 is 0. The van der Waals surface area contributed by atoms with Crippen LogP contribution in [0.2, 0.25) is 0 Å². The van der Waals surface area contributed by atoms with E-state index in [0.717, 1.165) is 11.1 Å². The Bertz CT molecular complexity index is 286. The van der Waals surface area contributed by atoms with Gasteiger partial charge < -0.3 is 15.9 Å². The monoisotopic (exact) mass is 181 g/mol. The molecule has 3 heteroatoms. The van der Waals surface area contributed by atoms with E-state index in [0.29, 0.717) is 6.42 Å². The van der Waals surface area contributed by atoms with Gasteiger partial charge in [-0.25, -0.2) is 0 Å². The Morgan fingerprint density at radius 3 is 2.69 bits per heavy atom. The van der Waals surface area contributed by atoms with Gasteiger partial charge in [0.1, 0.15) is 5.75 Å². The van der Waals surface area contributed by atoms with Crippen LogP contribution in [0.4, 0.5) is 0 Å². The summed E-state index contributed by atoms with van der Waals surface area (Å²) in [6.07, 6.45) is 0.547. The number of aliphatic hydroxyl groups excluding tert-OH is 1. The molecule has 0 aliphatic rings. The quantitative estimate of drug-likeness (QED) is 0.653. The van der Waals surface area contributed by atoms with Crippen LogP contribution in [0.1, 0.15) is 23.6 Å². The average Bonchev–Trinajstić information content (AvgIpc) is 2.04. The van der Waals surface area contributed by atoms with Gasteiger partial charge in [0.15, 0.2) is 0 Å². The Kier molecular flexibility index (Phi) is 3.28. The Morgan fingerprint density at radius 2 is 2.15 bits per heavy atom. The minimum Gasteiger partial charge on any atom is -0.508 e. The lowest BCUT2D eigenvalue weighted by Crippen LogP contribution is -2.13. The summed E-state index contributed by atoms with van der Waals surface area (Å²) in [4.78, 5) is 0. The number of aryl methyl sites for hydroxylation is 1. The van der Waals surface area contributed by atoms with Crippen molar-refractivity contribution in [1.82, 2.24) is 0 Å². The predicted molar refractivity (Wildman–Crippen MR) is 51.5 cm³/mol. The minimum atomic E-state index is -0.148. The standard InChI is InChI=1S/C10H15NO2/c1-7-6-8(13)2-3-9(7)10(11)4-5-12/h2-3,6,10,12-13H,4-5,11H2,1H3. The van der Waals surface area contributed by atoms with Crippen LogP contribution in [-0.2, 0) is 0 Å². The van der Waals surface area contributed by atoms with Crippen molar-refractivity contribution in [3.8, 4) is 5.75 Å². The Balaban J connectivity index is 2.88. The van der Waals surface area contributed by atoms with Crippen molar-refractivity contribution < 1.29 is 10.2 Å². The van der Waals surface area contributed by atoms with E-state index in [4.69, 9.17) is 15.9 Å². The summed E-state index contributed by atoms with van der Waals surface area (Å²) in [5.41, 5.74) is 7.75. The maximum atomic E-state index is 9.16. The number of hydrogen-bond donors (Lipinski definition) is 3. The highest BCUT2D eigenvalue weighted by atomic mass is 16.3. The molecule has 1 unspecified atom stereocenters. The second-order valence-electron chi connectivity index (χ2n) is 3.16. The predicted octanol–water partition coefficient (Wildman–Crippen LogP) is 1.08. The van der Waals surface area contributed by atoms with Gasteiger partial charge in [-0.05, 0) is 36.6 Å². The fourth-order valence-electron chi connectivity index (χ4n) is 1.37. The molecule has 1 aromatic rings. The molecule has 0 fully saturated rings. The van der Waals surface area contributed by atoms with Crippen LogP contribution >= 0.6 is 0 Å². The first-order chi connectivity index (χ1) is 6.15. The van der Waals surface area contributed by atoms with E-state index in [9.17, 15) is 0 Å². The zero-order valence-corrected chi connectivity index (χ0v) is 7.70. The zero-order chi connectivity index (χ0) is 9.84. The molecule has 0 amide bonds. The normalized spacial score (nSPS) is 12.8. The molecule has 3 nitrogen and oxygen atoms in total. The van der Waals surface area contributed by atoms with Gasteiger partial charge in [0, 0.05) is 12.6 Å². The molecule has 0 bridgehead atoms. The van der Waals surface area contributed by atoms with Gasteiger partial charge in [-0.3, -0.25) is 0 Å². The van der Waals surface area contributed by atoms with Crippen molar-refractivity contribution in [3.05, 3.63) is 29.3 Å². The first-order valence-electron chi connectivity index (χ1n) is 4.31. The molecule has 1 rings (SSSR count). The number of aliphatic hydroxyl groups is 1. The molecule has 0 aliphatic carbocycles. The van der Waals surface area contributed by atoms with Gasteiger partial charge in [-0.1, -0.05) is 6.07 Å². The van der Waals surface area contributed by atoms with Crippen molar-refractivity contribution in [3.63, 3.8) is 0 Å². The van der Waals surface area contributed by atoms with E-state index in [-0.39, 0.29) is 18.4 Å². The van der Waals surface area contributed by atoms with Crippen LogP contribution in [0, 0.1) is 6.92 Å². The molecule has 0 saturated carbocycles. The highest BCUT2D eigenvalue weighted by molar-refractivity contribution is 5.35. The molecule has 1 atom stereocenters. The second kappa shape index (κ2) is 4.25. The number of phenolic OH excluding ortho intramolecular Hbond substituents is 1. The van der Waals surface area contributed by atoms with Crippen LogP contribution < -0.4 is 5.73 Å². The lowest BCUT2D eigenvalue weighted by molar-refractivity contribution is 0.276. The molecule has 0 spiro atoms. The van der Waals surface area contributed by atoms with Gasteiger partial charge >= 0.3 is 0 Å². The van der Waals surface area contributed by atoms with E-state index in [2.05, 4.69) is 0 Å². The fourth-order valence-corrected chi connectivity index (χ4v) is 1.37. The number of hydrogen-bond acceptors (Lipinski definition) is 3. The molecular formula is C10H15NO2. The van der Waals surface area contributed by atoms with Crippen LogP contribution in [0.15, 0.2) is 18.2 Å². The SMILES string of the molecule is Cc1cc(O)ccc1C(N)CCO. The second-order valence-corrected chi connectivity index (χ2v) is 3.16. The van der Waals surface area contributed by atoms with Crippen molar-refractivity contribution in [1.29, 1.82) is 0 Å². The largest absolute Gasteiger partial charge is 0.508 e. The lowest BCUT2D eigenvalue weighted by atomic mass is 10.00. The summed E-state index contributed by atoms with van der Waals surface area (Å²) in [6.45, 7) is 1.98. The Hall–Kier alpha value is -1.06. The van der Waals surface area contributed by atoms with Gasteiger partial charge in [0.05, 0.1) is 0 Å². The maximum Gasteiger partial charge on any atom is 0.115 e. The summed E-state index contributed by atoms with van der Waals surface area (Å²) in [7, 11) is 0. The van der Waals surface area contributed by atoms with Gasteiger partial charge in [0.25, 0.3) is 0 Å². The number of aromatic hydroxyl groups is 1. The molecule has 72 valence electrons. The summed E-state index contributed by atoms with van der Waals surface area (Å²) in [5.74, 6) is 0.248. The van der Waals surface area contributed by atoms with Crippen molar-refractivity contribution in [2.75, 3.05) is 6.61 Å². The van der Waals surface area contributed by atoms with Crippen molar-refractivity contribution in [2.45, 2.75) is 19.4 Å². The molecule has 4 N–H and O–H groups in total. The number of rotatable bonds is 3. The third-order valence-corrected chi connectivity index (χ3v) is 2.09. The highest BCUT2D eigenvalue weighted by Gasteiger charge is 2.08. The summed E-state index contributed by atoms with van der Waals surface area (Å²) in [6, 6.07) is 4.93. The molecule has 0 aliphatic heterocycles. The van der Waals surface area contributed by atoms with E-state index in [1.807, 2.05) is 6.92 Å². The third-order valence-electron chi connectivity index (χ3n) is 2.09. The molecule has 0 saturated heterocycles. The third kappa shape index (κ3) is 2.44. The minimum absolute atomic E-state index is 0.0848. The summed E-state index contributed by atoms with van der Waals surface area (Å²) >= 11 is 0. The molecule has 0 heterocycles. The number of phenols is 1. The Labute approximate surface area is 77.8 Å². The van der Waals surface area contributed by atoms with Crippen molar-refractivity contribution in [2.24, 2.45) is 5.73 Å². The summed E-state index contributed by atoms with van der Waals surface area (Å²) in [5, 5.41) is 17.9. The van der Waals surface area contributed by atoms with Gasteiger partial charge in [-0.15, -0.1) is 0 Å². The van der Waals surface area contributed by atoms with Crippen LogP contribution in [0.25, 0.3) is 0 Å². The number of nitrogens with two attached hydrogens (primary N) is 1. The molecule has 13 heavy (non-hydrogen) atoms. The van der Waals surface area contributed by atoms with Crippen molar-refractivity contribution >= 4 is 0 Å². The first kappa shape index (κ1) is 10.0. The highest BCUT2D eigenvalue weighted by Crippen LogP contribution is 2.21. The first-order valence-corrected chi connectivity index (χ1v) is 4.31. The Morgan fingerprint density at radius 1 is 1.46 bits per heavy atom. The van der Waals surface area contributed by atoms with Crippen LogP contribution in [0.3, 0.4) is 0 Å². The zero-order valence-electron chi connectivity index (χ0n) is 7.70. The van der Waals surface area contributed by atoms with Crippen LogP contribution in [0.5, 0.6) is 5.75 Å². The topological polar surface area (TPSA) is 66.5 Å². The van der Waals surface area contributed by atoms with E-state index >= 15 is 0 Å². The molecule has 0 radical (unpaired) electrons. The lowest BCUT2D eigenvalue weighted by Gasteiger charge is -2.13. The fraction of sp³-hybridized carbons (Fsp3) is 0.400. The van der Waals surface area contributed by atoms with E-state index in [1.165, 1.54) is 0 Å².